The second-order valence-corrected chi connectivity index (χ2v) is 7.52. The number of carbonyl (C=O) groups is 1. The third-order valence-corrected chi connectivity index (χ3v) is 5.39. The Bertz CT molecular complexity index is 992. The predicted molar refractivity (Wildman–Crippen MR) is 108 cm³/mol. The van der Waals surface area contributed by atoms with Crippen LogP contribution in [0.1, 0.15) is 19.3 Å². The zero-order valence-corrected chi connectivity index (χ0v) is 16.0. The minimum atomic E-state index is -0.398. The monoisotopic (exact) mass is 401 g/mol. The fourth-order valence-corrected chi connectivity index (χ4v) is 3.99. The van der Waals surface area contributed by atoms with Crippen molar-refractivity contribution < 1.29 is 9.18 Å². The first-order valence-electron chi connectivity index (χ1n) is 9.34. The maximum atomic E-state index is 13.1. The highest BCUT2D eigenvalue weighted by Crippen LogP contribution is 2.28. The van der Waals surface area contributed by atoms with Gasteiger partial charge in [0.15, 0.2) is 5.78 Å². The Hall–Kier alpha value is -2.67. The normalized spacial score (nSPS) is 17.1. The molecule has 0 radical (unpaired) electrons. The van der Waals surface area contributed by atoms with Crippen LogP contribution in [0.25, 0.3) is 11.0 Å². The SMILES string of the molecule is O=C(CNc1ccc(F)cc1Cl)C[C@@H]1CCCN(c2ncnc3[nH]ccc23)C1. The molecule has 0 spiro atoms. The van der Waals surface area contributed by atoms with E-state index in [9.17, 15) is 9.18 Å². The molecule has 6 nitrogen and oxygen atoms in total. The van der Waals surface area contributed by atoms with Crippen LogP contribution in [0.5, 0.6) is 0 Å². The van der Waals surface area contributed by atoms with Gasteiger partial charge in [0, 0.05) is 25.7 Å². The summed E-state index contributed by atoms with van der Waals surface area (Å²) in [6.45, 7) is 1.89. The van der Waals surface area contributed by atoms with Crippen molar-refractivity contribution in [2.24, 2.45) is 5.92 Å². The predicted octanol–water partition coefficient (Wildman–Crippen LogP) is 4.04. The number of hydrogen-bond acceptors (Lipinski definition) is 5. The molecule has 1 saturated heterocycles. The summed E-state index contributed by atoms with van der Waals surface area (Å²) in [5.74, 6) is 0.905. The van der Waals surface area contributed by atoms with Crippen molar-refractivity contribution in [1.82, 2.24) is 15.0 Å². The van der Waals surface area contributed by atoms with E-state index in [1.807, 2.05) is 12.3 Å². The molecular formula is C20H21ClFN5O. The minimum absolute atomic E-state index is 0.113. The quantitative estimate of drug-likeness (QED) is 0.652. The van der Waals surface area contributed by atoms with Crippen LogP contribution >= 0.6 is 11.6 Å². The van der Waals surface area contributed by atoms with Crippen LogP contribution in [0.3, 0.4) is 0 Å². The number of carbonyl (C=O) groups excluding carboxylic acids is 1. The van der Waals surface area contributed by atoms with E-state index >= 15 is 0 Å². The molecule has 0 unspecified atom stereocenters. The summed E-state index contributed by atoms with van der Waals surface area (Å²) in [4.78, 5) is 26.5. The van der Waals surface area contributed by atoms with Crippen molar-refractivity contribution in [2.75, 3.05) is 29.9 Å². The molecule has 1 aliphatic rings. The van der Waals surface area contributed by atoms with E-state index in [1.165, 1.54) is 12.1 Å². The van der Waals surface area contributed by atoms with Crippen LogP contribution in [0, 0.1) is 11.7 Å². The maximum Gasteiger partial charge on any atom is 0.152 e. The zero-order valence-electron chi connectivity index (χ0n) is 15.3. The van der Waals surface area contributed by atoms with Gasteiger partial charge in [0.05, 0.1) is 22.6 Å². The molecule has 1 fully saturated rings. The largest absolute Gasteiger partial charge is 0.377 e. The van der Waals surface area contributed by atoms with E-state index in [0.717, 1.165) is 42.8 Å². The Morgan fingerprint density at radius 3 is 3.11 bits per heavy atom. The lowest BCUT2D eigenvalue weighted by atomic mass is 9.92. The van der Waals surface area contributed by atoms with E-state index in [2.05, 4.69) is 25.2 Å². The van der Waals surface area contributed by atoms with Gasteiger partial charge in [-0.25, -0.2) is 14.4 Å². The molecule has 3 heterocycles. The number of fused-ring (bicyclic) bond motifs is 1. The number of H-pyrrole nitrogens is 1. The highest BCUT2D eigenvalue weighted by molar-refractivity contribution is 6.33. The van der Waals surface area contributed by atoms with Gasteiger partial charge in [-0.2, -0.15) is 0 Å². The smallest absolute Gasteiger partial charge is 0.152 e. The summed E-state index contributed by atoms with van der Waals surface area (Å²) in [6, 6.07) is 6.08. The van der Waals surface area contributed by atoms with Gasteiger partial charge < -0.3 is 15.2 Å². The average molecular weight is 402 g/mol. The number of aromatic amines is 1. The van der Waals surface area contributed by atoms with Gasteiger partial charge in [-0.05, 0) is 43.0 Å². The number of hydrogen-bond donors (Lipinski definition) is 2. The van der Waals surface area contributed by atoms with E-state index in [4.69, 9.17) is 11.6 Å². The van der Waals surface area contributed by atoms with Gasteiger partial charge in [0.1, 0.15) is 23.6 Å². The van der Waals surface area contributed by atoms with E-state index in [-0.39, 0.29) is 23.3 Å². The molecule has 3 aromatic rings. The minimum Gasteiger partial charge on any atom is -0.377 e. The zero-order chi connectivity index (χ0) is 19.5. The topological polar surface area (TPSA) is 73.9 Å². The molecule has 8 heteroatoms. The number of nitrogens with zero attached hydrogens (tertiary/aromatic N) is 3. The molecule has 4 rings (SSSR count). The highest BCUT2D eigenvalue weighted by atomic mass is 35.5. The Morgan fingerprint density at radius 2 is 2.25 bits per heavy atom. The summed E-state index contributed by atoms with van der Waals surface area (Å²) in [6.07, 6.45) is 5.95. The van der Waals surface area contributed by atoms with Crippen molar-refractivity contribution in [3.8, 4) is 0 Å². The lowest BCUT2D eigenvalue weighted by Crippen LogP contribution is -2.37. The number of aromatic nitrogens is 3. The fourth-order valence-electron chi connectivity index (χ4n) is 3.76. The van der Waals surface area contributed by atoms with Crippen molar-refractivity contribution in [2.45, 2.75) is 19.3 Å². The van der Waals surface area contributed by atoms with Crippen LogP contribution in [0.2, 0.25) is 5.02 Å². The van der Waals surface area contributed by atoms with Crippen molar-refractivity contribution >= 4 is 39.9 Å². The van der Waals surface area contributed by atoms with Crippen LogP contribution < -0.4 is 10.2 Å². The molecule has 0 saturated carbocycles. The maximum absolute atomic E-state index is 13.1. The van der Waals surface area contributed by atoms with Gasteiger partial charge in [0.25, 0.3) is 0 Å². The number of rotatable bonds is 6. The molecule has 28 heavy (non-hydrogen) atoms. The average Bonchev–Trinajstić information content (AvgIpc) is 3.16. The summed E-state index contributed by atoms with van der Waals surface area (Å²) < 4.78 is 13.1. The highest BCUT2D eigenvalue weighted by Gasteiger charge is 2.24. The van der Waals surface area contributed by atoms with Gasteiger partial charge in [-0.3, -0.25) is 4.79 Å². The summed E-state index contributed by atoms with van der Waals surface area (Å²) in [5, 5.41) is 4.28. The first-order chi connectivity index (χ1) is 13.6. The number of piperidine rings is 1. The van der Waals surface area contributed by atoms with Crippen molar-refractivity contribution in [1.29, 1.82) is 0 Å². The van der Waals surface area contributed by atoms with Crippen molar-refractivity contribution in [3.05, 3.63) is 47.6 Å². The molecule has 0 aliphatic carbocycles. The van der Waals surface area contributed by atoms with Gasteiger partial charge >= 0.3 is 0 Å². The molecule has 2 aromatic heterocycles. The van der Waals surface area contributed by atoms with E-state index < -0.39 is 5.82 Å². The Morgan fingerprint density at radius 1 is 1.36 bits per heavy atom. The molecule has 0 bridgehead atoms. The standard InChI is InChI=1S/C20H21ClFN5O/c21-17-9-14(22)3-4-18(17)24-10-15(28)8-13-2-1-7-27(11-13)20-16-5-6-23-19(16)25-12-26-20/h3-6,9,12-13,24H,1-2,7-8,10-11H2,(H,23,25,26)/t13-/m0/s1. The van der Waals surface area contributed by atoms with Crippen LogP contribution in [-0.4, -0.2) is 40.4 Å². The van der Waals surface area contributed by atoms with Crippen LogP contribution in [0.15, 0.2) is 36.8 Å². The summed E-state index contributed by atoms with van der Waals surface area (Å²) >= 11 is 6.00. The Kier molecular flexibility index (Phi) is 5.43. The van der Waals surface area contributed by atoms with Gasteiger partial charge in [-0.1, -0.05) is 11.6 Å². The first kappa shape index (κ1) is 18.7. The Balaban J connectivity index is 1.36. The van der Waals surface area contributed by atoms with Crippen molar-refractivity contribution in [3.63, 3.8) is 0 Å². The summed E-state index contributed by atoms with van der Waals surface area (Å²) in [5.41, 5.74) is 1.39. The van der Waals surface area contributed by atoms with E-state index in [1.54, 1.807) is 12.4 Å². The number of benzene rings is 1. The third-order valence-electron chi connectivity index (χ3n) is 5.07. The fraction of sp³-hybridized carbons (Fsp3) is 0.350. The second-order valence-electron chi connectivity index (χ2n) is 7.11. The van der Waals surface area contributed by atoms with E-state index in [0.29, 0.717) is 12.1 Å². The van der Waals surface area contributed by atoms with Crippen LogP contribution in [0.4, 0.5) is 15.9 Å². The van der Waals surface area contributed by atoms with Gasteiger partial charge in [0.2, 0.25) is 0 Å². The molecule has 1 aromatic carbocycles. The Labute approximate surface area is 167 Å². The lowest BCUT2D eigenvalue weighted by molar-refractivity contribution is -0.118. The lowest BCUT2D eigenvalue weighted by Gasteiger charge is -2.33. The molecular weight excluding hydrogens is 381 g/mol. The molecule has 2 N–H and O–H groups in total. The van der Waals surface area contributed by atoms with Crippen LogP contribution in [-0.2, 0) is 4.79 Å². The number of anilines is 2. The van der Waals surface area contributed by atoms with Gasteiger partial charge in [-0.15, -0.1) is 0 Å². The molecule has 146 valence electrons. The molecule has 1 aliphatic heterocycles. The third kappa shape index (κ3) is 4.09. The molecule has 0 amide bonds. The second kappa shape index (κ2) is 8.14. The summed E-state index contributed by atoms with van der Waals surface area (Å²) in [7, 11) is 0. The molecule has 1 atom stereocenters. The first-order valence-corrected chi connectivity index (χ1v) is 9.71. The number of halogens is 2. The number of ketones is 1. The number of nitrogens with one attached hydrogen (secondary N) is 2. The number of Topliss-reactive ketones (excluding diaryl/α,β-unsaturated/α-hetero) is 1.